The number of halogens is 1. The Morgan fingerprint density at radius 2 is 1.89 bits per heavy atom. The third kappa shape index (κ3) is 5.68. The average molecular weight is 382 g/mol. The molecule has 0 aliphatic rings. The largest absolute Gasteiger partial charge is 0.494 e. The van der Waals surface area contributed by atoms with Gasteiger partial charge < -0.3 is 14.8 Å². The molecule has 0 aromatic heterocycles. The number of nitriles is 1. The first kappa shape index (κ1) is 20.6. The standard InChI is InChI=1S/C21H19FN2O4/c1-3-27-17-10-8-15(9-11-17)12-16(13-23)21(26)28-14(2)20(25)24-19-7-5-4-6-18(19)22/h4-12,14H,3H2,1-2H3,(H,24,25)/b16-12+/t14-/m1/s1. The minimum Gasteiger partial charge on any atom is -0.494 e. The molecule has 1 atom stereocenters. The number of benzene rings is 2. The molecule has 2 aromatic carbocycles. The van der Waals surface area contributed by atoms with Crippen LogP contribution in [0.25, 0.3) is 6.08 Å². The fraction of sp³-hybridized carbons (Fsp3) is 0.190. The second-order valence-electron chi connectivity index (χ2n) is 5.69. The SMILES string of the molecule is CCOc1ccc(/C=C(\C#N)C(=O)O[C@H](C)C(=O)Nc2ccccc2F)cc1. The van der Waals surface area contributed by atoms with Gasteiger partial charge in [-0.3, -0.25) is 4.79 Å². The minimum atomic E-state index is -1.22. The second kappa shape index (κ2) is 9.88. The van der Waals surface area contributed by atoms with Crippen molar-refractivity contribution in [1.82, 2.24) is 0 Å². The number of carbonyl (C=O) groups is 2. The molecule has 0 unspecified atom stereocenters. The third-order valence-electron chi connectivity index (χ3n) is 3.63. The van der Waals surface area contributed by atoms with Crippen LogP contribution in [0.1, 0.15) is 19.4 Å². The lowest BCUT2D eigenvalue weighted by atomic mass is 10.1. The number of anilines is 1. The van der Waals surface area contributed by atoms with Crippen LogP contribution in [0, 0.1) is 17.1 Å². The van der Waals surface area contributed by atoms with E-state index in [9.17, 15) is 19.2 Å². The first-order chi connectivity index (χ1) is 13.4. The summed E-state index contributed by atoms with van der Waals surface area (Å²) in [5.74, 6) is -1.61. The van der Waals surface area contributed by atoms with Gasteiger partial charge in [0.05, 0.1) is 12.3 Å². The number of para-hydroxylation sites is 1. The van der Waals surface area contributed by atoms with Gasteiger partial charge in [0.15, 0.2) is 6.10 Å². The van der Waals surface area contributed by atoms with E-state index in [-0.39, 0.29) is 11.3 Å². The van der Waals surface area contributed by atoms with Gasteiger partial charge in [-0.2, -0.15) is 5.26 Å². The van der Waals surface area contributed by atoms with Gasteiger partial charge in [0.1, 0.15) is 23.2 Å². The second-order valence-corrected chi connectivity index (χ2v) is 5.69. The predicted octanol–water partition coefficient (Wildman–Crippen LogP) is 3.70. The highest BCUT2D eigenvalue weighted by Gasteiger charge is 2.21. The molecule has 7 heteroatoms. The predicted molar refractivity (Wildman–Crippen MR) is 102 cm³/mol. The van der Waals surface area contributed by atoms with Crippen molar-refractivity contribution in [2.45, 2.75) is 20.0 Å². The highest BCUT2D eigenvalue weighted by Crippen LogP contribution is 2.16. The fourth-order valence-electron chi connectivity index (χ4n) is 2.20. The molecular weight excluding hydrogens is 363 g/mol. The van der Waals surface area contributed by atoms with Gasteiger partial charge in [-0.25, -0.2) is 9.18 Å². The van der Waals surface area contributed by atoms with E-state index in [1.54, 1.807) is 36.4 Å². The zero-order chi connectivity index (χ0) is 20.5. The van der Waals surface area contributed by atoms with Crippen LogP contribution in [0.4, 0.5) is 10.1 Å². The van der Waals surface area contributed by atoms with Crippen LogP contribution in [-0.4, -0.2) is 24.6 Å². The quantitative estimate of drug-likeness (QED) is 0.448. The van der Waals surface area contributed by atoms with E-state index >= 15 is 0 Å². The number of carbonyl (C=O) groups excluding carboxylic acids is 2. The number of hydrogen-bond acceptors (Lipinski definition) is 5. The molecule has 2 rings (SSSR count). The lowest BCUT2D eigenvalue weighted by molar-refractivity contribution is -0.148. The molecule has 0 heterocycles. The van der Waals surface area contributed by atoms with Gasteiger partial charge in [0.2, 0.25) is 0 Å². The van der Waals surface area contributed by atoms with Gasteiger partial charge in [-0.1, -0.05) is 24.3 Å². The summed E-state index contributed by atoms with van der Waals surface area (Å²) in [6, 6.07) is 14.2. The van der Waals surface area contributed by atoms with Crippen molar-refractivity contribution in [3.8, 4) is 11.8 Å². The number of rotatable bonds is 7. The maximum atomic E-state index is 13.6. The van der Waals surface area contributed by atoms with Crippen LogP contribution in [0.15, 0.2) is 54.1 Å². The zero-order valence-corrected chi connectivity index (χ0v) is 15.4. The Morgan fingerprint density at radius 1 is 1.21 bits per heavy atom. The molecule has 0 aliphatic heterocycles. The summed E-state index contributed by atoms with van der Waals surface area (Å²) in [5.41, 5.74) is 0.302. The van der Waals surface area contributed by atoms with Gasteiger partial charge >= 0.3 is 5.97 Å². The highest BCUT2D eigenvalue weighted by atomic mass is 19.1. The number of ether oxygens (including phenoxy) is 2. The number of hydrogen-bond donors (Lipinski definition) is 1. The van der Waals surface area contributed by atoms with E-state index in [4.69, 9.17) is 9.47 Å². The van der Waals surface area contributed by atoms with Crippen molar-refractivity contribution >= 4 is 23.6 Å². The lowest BCUT2D eigenvalue weighted by Gasteiger charge is -2.13. The molecule has 0 aliphatic carbocycles. The van der Waals surface area contributed by atoms with Gasteiger partial charge in [-0.05, 0) is 49.8 Å². The summed E-state index contributed by atoms with van der Waals surface area (Å²) in [6.45, 7) is 3.72. The molecular formula is C21H19FN2O4. The van der Waals surface area contributed by atoms with Crippen LogP contribution in [-0.2, 0) is 14.3 Å². The van der Waals surface area contributed by atoms with Crippen molar-refractivity contribution in [1.29, 1.82) is 5.26 Å². The summed E-state index contributed by atoms with van der Waals surface area (Å²) in [5, 5.41) is 11.6. The van der Waals surface area contributed by atoms with Gasteiger partial charge in [-0.15, -0.1) is 0 Å². The lowest BCUT2D eigenvalue weighted by Crippen LogP contribution is -2.30. The molecule has 0 radical (unpaired) electrons. The summed E-state index contributed by atoms with van der Waals surface area (Å²) >= 11 is 0. The summed E-state index contributed by atoms with van der Waals surface area (Å²) in [4.78, 5) is 24.3. The molecule has 1 amide bonds. The highest BCUT2D eigenvalue weighted by molar-refractivity contribution is 6.01. The Hall–Kier alpha value is -3.66. The van der Waals surface area contributed by atoms with Crippen molar-refractivity contribution in [2.75, 3.05) is 11.9 Å². The Balaban J connectivity index is 2.03. The molecule has 0 spiro atoms. The van der Waals surface area contributed by atoms with Crippen LogP contribution < -0.4 is 10.1 Å². The van der Waals surface area contributed by atoms with Crippen molar-refractivity contribution in [3.63, 3.8) is 0 Å². The monoisotopic (exact) mass is 382 g/mol. The van der Waals surface area contributed by atoms with E-state index < -0.39 is 23.8 Å². The Kier molecular flexibility index (Phi) is 7.28. The molecule has 28 heavy (non-hydrogen) atoms. The summed E-state index contributed by atoms with van der Waals surface area (Å²) in [7, 11) is 0. The van der Waals surface area contributed by atoms with Crippen LogP contribution in [0.3, 0.4) is 0 Å². The number of amides is 1. The number of nitrogens with zero attached hydrogens (tertiary/aromatic N) is 1. The van der Waals surface area contributed by atoms with Crippen LogP contribution in [0.5, 0.6) is 5.75 Å². The van der Waals surface area contributed by atoms with Gasteiger partial charge in [0.25, 0.3) is 5.91 Å². The average Bonchev–Trinajstić information content (AvgIpc) is 2.69. The van der Waals surface area contributed by atoms with Crippen LogP contribution >= 0.6 is 0 Å². The topological polar surface area (TPSA) is 88.4 Å². The first-order valence-electron chi connectivity index (χ1n) is 8.55. The Morgan fingerprint density at radius 3 is 2.50 bits per heavy atom. The zero-order valence-electron chi connectivity index (χ0n) is 15.4. The van der Waals surface area contributed by atoms with E-state index in [0.717, 1.165) is 0 Å². The molecule has 6 nitrogen and oxygen atoms in total. The van der Waals surface area contributed by atoms with Crippen molar-refractivity contribution in [3.05, 3.63) is 65.5 Å². The molecule has 0 bridgehead atoms. The maximum Gasteiger partial charge on any atom is 0.349 e. The van der Waals surface area contributed by atoms with Gasteiger partial charge in [0, 0.05) is 0 Å². The summed E-state index contributed by atoms with van der Waals surface area (Å²) in [6.07, 6.45) is 0.128. The number of nitrogens with one attached hydrogen (secondary N) is 1. The van der Waals surface area contributed by atoms with E-state index in [1.165, 1.54) is 31.2 Å². The molecule has 2 aromatic rings. The van der Waals surface area contributed by atoms with E-state index in [0.29, 0.717) is 17.9 Å². The van der Waals surface area contributed by atoms with Crippen LogP contribution in [0.2, 0.25) is 0 Å². The Labute approximate surface area is 162 Å². The fourth-order valence-corrected chi connectivity index (χ4v) is 2.20. The smallest absolute Gasteiger partial charge is 0.349 e. The van der Waals surface area contributed by atoms with Crippen molar-refractivity contribution < 1.29 is 23.5 Å². The Bertz CT molecular complexity index is 917. The molecule has 144 valence electrons. The van der Waals surface area contributed by atoms with E-state index in [1.807, 2.05) is 6.92 Å². The first-order valence-corrected chi connectivity index (χ1v) is 8.55. The third-order valence-corrected chi connectivity index (χ3v) is 3.63. The minimum absolute atomic E-state index is 0.0270. The molecule has 1 N–H and O–H groups in total. The molecule has 0 saturated carbocycles. The van der Waals surface area contributed by atoms with E-state index in [2.05, 4.69) is 5.32 Å². The van der Waals surface area contributed by atoms with Crippen molar-refractivity contribution in [2.24, 2.45) is 0 Å². The normalized spacial score (nSPS) is 11.9. The molecule has 0 fully saturated rings. The maximum absolute atomic E-state index is 13.6. The summed E-state index contributed by atoms with van der Waals surface area (Å²) < 4.78 is 23.9. The number of esters is 1. The molecule has 0 saturated heterocycles.